The van der Waals surface area contributed by atoms with E-state index in [1.54, 1.807) is 6.08 Å². The number of carbonyl (C=O) groups is 1. The summed E-state index contributed by atoms with van der Waals surface area (Å²) in [5.74, 6) is -0.917. The summed E-state index contributed by atoms with van der Waals surface area (Å²) in [5.41, 5.74) is 0. The molecule has 3 heteroatoms. The molecule has 0 radical (unpaired) electrons. The number of carboxylic acid groups (broad SMARTS) is 1. The molecule has 1 atom stereocenters. The van der Waals surface area contributed by atoms with Gasteiger partial charge in [-0.25, -0.2) is 4.79 Å². The predicted molar refractivity (Wildman–Crippen MR) is 88.5 cm³/mol. The fourth-order valence-corrected chi connectivity index (χ4v) is 2.48. The minimum Gasteiger partial charge on any atom is -0.478 e. The number of hydrogen-bond donors (Lipinski definition) is 2. The Labute approximate surface area is 130 Å². The van der Waals surface area contributed by atoms with E-state index < -0.39 is 5.97 Å². The van der Waals surface area contributed by atoms with Crippen molar-refractivity contribution in [3.63, 3.8) is 0 Å². The molecule has 0 aliphatic rings. The normalized spacial score (nSPS) is 12.9. The number of carboxylic acids is 1. The van der Waals surface area contributed by atoms with Crippen LogP contribution in [-0.4, -0.2) is 22.3 Å². The van der Waals surface area contributed by atoms with Crippen molar-refractivity contribution in [3.05, 3.63) is 12.2 Å². The molecule has 0 spiro atoms. The molecule has 1 unspecified atom stereocenters. The van der Waals surface area contributed by atoms with Crippen molar-refractivity contribution >= 4 is 5.97 Å². The highest BCUT2D eigenvalue weighted by Crippen LogP contribution is 2.13. The molecule has 21 heavy (non-hydrogen) atoms. The molecular weight excluding hydrogens is 264 g/mol. The number of allylic oxidation sites excluding steroid dienone is 1. The van der Waals surface area contributed by atoms with Gasteiger partial charge in [-0.2, -0.15) is 0 Å². The molecule has 0 fully saturated rings. The third-order valence-electron chi connectivity index (χ3n) is 3.82. The molecule has 124 valence electrons. The van der Waals surface area contributed by atoms with Crippen molar-refractivity contribution in [1.82, 2.24) is 0 Å². The molecule has 0 aromatic rings. The molecule has 0 saturated carbocycles. The molecule has 3 nitrogen and oxygen atoms in total. The van der Waals surface area contributed by atoms with Gasteiger partial charge in [0.25, 0.3) is 0 Å². The Kier molecular flexibility index (Phi) is 14.9. The van der Waals surface area contributed by atoms with Crippen LogP contribution in [0, 0.1) is 0 Å². The minimum absolute atomic E-state index is 0.280. The molecule has 0 rings (SSSR count). The monoisotopic (exact) mass is 298 g/mol. The number of rotatable bonds is 15. The third kappa shape index (κ3) is 17.1. The number of aliphatic hydroxyl groups excluding tert-OH is 1. The second-order valence-corrected chi connectivity index (χ2v) is 5.94. The molecule has 0 aromatic heterocycles. The smallest absolute Gasteiger partial charge is 0.327 e. The van der Waals surface area contributed by atoms with E-state index in [0.29, 0.717) is 12.8 Å². The second kappa shape index (κ2) is 15.6. The predicted octanol–water partition coefficient (Wildman–Crippen LogP) is 5.08. The first kappa shape index (κ1) is 20.2. The maximum atomic E-state index is 10.3. The lowest BCUT2D eigenvalue weighted by molar-refractivity contribution is -0.131. The standard InChI is InChI=1S/C18H34O3/c1-2-3-4-5-6-7-8-9-10-11-14-17(19)15-12-13-16-18(20)21/h13,16-17,19H,2-12,14-15H2,1H3,(H,20,21). The zero-order chi connectivity index (χ0) is 15.8. The SMILES string of the molecule is CCCCCCCCCCCCC(O)CCC=CC(=O)O. The van der Waals surface area contributed by atoms with Gasteiger partial charge in [-0.1, -0.05) is 77.2 Å². The van der Waals surface area contributed by atoms with Crippen LogP contribution in [0.4, 0.5) is 0 Å². The van der Waals surface area contributed by atoms with Crippen molar-refractivity contribution in [3.8, 4) is 0 Å². The zero-order valence-corrected chi connectivity index (χ0v) is 13.7. The molecule has 0 saturated heterocycles. The Hall–Kier alpha value is -0.830. The number of aliphatic hydroxyl groups is 1. The highest BCUT2D eigenvalue weighted by molar-refractivity contribution is 5.79. The Morgan fingerprint density at radius 1 is 0.905 bits per heavy atom. The van der Waals surface area contributed by atoms with Crippen LogP contribution in [0.15, 0.2) is 12.2 Å². The van der Waals surface area contributed by atoms with Crippen LogP contribution >= 0.6 is 0 Å². The van der Waals surface area contributed by atoms with Gasteiger partial charge in [0, 0.05) is 6.08 Å². The molecule has 0 heterocycles. The van der Waals surface area contributed by atoms with E-state index in [1.165, 1.54) is 57.8 Å². The summed E-state index contributed by atoms with van der Waals surface area (Å²) in [7, 11) is 0. The quantitative estimate of drug-likeness (QED) is 0.327. The number of hydrogen-bond acceptors (Lipinski definition) is 2. The Morgan fingerprint density at radius 3 is 1.95 bits per heavy atom. The van der Waals surface area contributed by atoms with Crippen molar-refractivity contribution in [2.24, 2.45) is 0 Å². The van der Waals surface area contributed by atoms with Crippen LogP contribution in [0.25, 0.3) is 0 Å². The lowest BCUT2D eigenvalue weighted by Gasteiger charge is -2.08. The van der Waals surface area contributed by atoms with Gasteiger partial charge in [-0.3, -0.25) is 0 Å². The van der Waals surface area contributed by atoms with E-state index in [4.69, 9.17) is 5.11 Å². The van der Waals surface area contributed by atoms with Crippen molar-refractivity contribution in [2.45, 2.75) is 96.5 Å². The average molecular weight is 298 g/mol. The zero-order valence-electron chi connectivity index (χ0n) is 13.7. The minimum atomic E-state index is -0.917. The summed E-state index contributed by atoms with van der Waals surface area (Å²) in [6.07, 6.45) is 17.7. The van der Waals surface area contributed by atoms with Crippen LogP contribution in [-0.2, 0) is 4.79 Å². The van der Waals surface area contributed by atoms with Gasteiger partial charge in [-0.15, -0.1) is 0 Å². The molecular formula is C18H34O3. The fourth-order valence-electron chi connectivity index (χ4n) is 2.48. The maximum Gasteiger partial charge on any atom is 0.327 e. The van der Waals surface area contributed by atoms with Gasteiger partial charge in [-0.05, 0) is 19.3 Å². The average Bonchev–Trinajstić information content (AvgIpc) is 2.45. The van der Waals surface area contributed by atoms with Crippen molar-refractivity contribution < 1.29 is 15.0 Å². The molecule has 0 amide bonds. The molecule has 0 bridgehead atoms. The molecule has 0 aliphatic carbocycles. The summed E-state index contributed by atoms with van der Waals surface area (Å²) >= 11 is 0. The highest BCUT2D eigenvalue weighted by atomic mass is 16.4. The first-order chi connectivity index (χ1) is 10.2. The van der Waals surface area contributed by atoms with Crippen LogP contribution in [0.3, 0.4) is 0 Å². The summed E-state index contributed by atoms with van der Waals surface area (Å²) in [5, 5.41) is 18.2. The van der Waals surface area contributed by atoms with Crippen molar-refractivity contribution in [2.75, 3.05) is 0 Å². The molecule has 0 aliphatic heterocycles. The van der Waals surface area contributed by atoms with Crippen molar-refractivity contribution in [1.29, 1.82) is 0 Å². The second-order valence-electron chi connectivity index (χ2n) is 5.94. The lowest BCUT2D eigenvalue weighted by atomic mass is 10.0. The lowest BCUT2D eigenvalue weighted by Crippen LogP contribution is -2.05. The summed E-state index contributed by atoms with van der Waals surface area (Å²) < 4.78 is 0. The Bertz CT molecular complexity index is 261. The van der Waals surface area contributed by atoms with Gasteiger partial charge in [0.1, 0.15) is 0 Å². The number of aliphatic carboxylic acids is 1. The Balaban J connectivity index is 3.21. The van der Waals surface area contributed by atoms with E-state index in [0.717, 1.165) is 18.9 Å². The largest absolute Gasteiger partial charge is 0.478 e. The van der Waals surface area contributed by atoms with Crippen LogP contribution in [0.2, 0.25) is 0 Å². The van der Waals surface area contributed by atoms with Gasteiger partial charge in [0.15, 0.2) is 0 Å². The summed E-state index contributed by atoms with van der Waals surface area (Å²) in [6, 6.07) is 0. The van der Waals surface area contributed by atoms with Gasteiger partial charge in [0.2, 0.25) is 0 Å². The van der Waals surface area contributed by atoms with E-state index >= 15 is 0 Å². The van der Waals surface area contributed by atoms with E-state index in [9.17, 15) is 9.90 Å². The first-order valence-corrected chi connectivity index (χ1v) is 8.74. The van der Waals surface area contributed by atoms with Gasteiger partial charge >= 0.3 is 5.97 Å². The van der Waals surface area contributed by atoms with Crippen LogP contribution < -0.4 is 0 Å². The Morgan fingerprint density at radius 2 is 1.43 bits per heavy atom. The summed E-state index contributed by atoms with van der Waals surface area (Å²) in [6.45, 7) is 2.25. The molecule has 0 aromatic carbocycles. The first-order valence-electron chi connectivity index (χ1n) is 8.74. The summed E-state index contributed by atoms with van der Waals surface area (Å²) in [4.78, 5) is 10.3. The molecule has 2 N–H and O–H groups in total. The van der Waals surface area contributed by atoms with Gasteiger partial charge < -0.3 is 10.2 Å². The number of unbranched alkanes of at least 4 members (excludes halogenated alkanes) is 9. The van der Waals surface area contributed by atoms with E-state index in [-0.39, 0.29) is 6.10 Å². The van der Waals surface area contributed by atoms with Crippen LogP contribution in [0.5, 0.6) is 0 Å². The highest BCUT2D eigenvalue weighted by Gasteiger charge is 2.02. The van der Waals surface area contributed by atoms with Crippen LogP contribution in [0.1, 0.15) is 90.4 Å². The fraction of sp³-hybridized carbons (Fsp3) is 0.833. The topological polar surface area (TPSA) is 57.5 Å². The maximum absolute atomic E-state index is 10.3. The van der Waals surface area contributed by atoms with E-state index in [2.05, 4.69) is 6.92 Å². The van der Waals surface area contributed by atoms with E-state index in [1.807, 2.05) is 0 Å². The van der Waals surface area contributed by atoms with Gasteiger partial charge in [0.05, 0.1) is 6.10 Å². The third-order valence-corrected chi connectivity index (χ3v) is 3.82.